The lowest BCUT2D eigenvalue weighted by molar-refractivity contribution is -0.637. The first-order valence-corrected chi connectivity index (χ1v) is 6.30. The van der Waals surface area contributed by atoms with Crippen molar-refractivity contribution in [2.45, 2.75) is 0 Å². The zero-order valence-corrected chi connectivity index (χ0v) is 11.6. The van der Waals surface area contributed by atoms with Gasteiger partial charge in [0.1, 0.15) is 0 Å². The summed E-state index contributed by atoms with van der Waals surface area (Å²) in [5.41, 5.74) is -0.648. The van der Waals surface area contributed by atoms with E-state index in [0.717, 1.165) is 24.4 Å². The minimum atomic E-state index is -1.08. The number of phenolic OH excluding ortho intramolecular Hbond substituents is 2. The molecule has 1 aromatic carbocycles. The number of benzene rings is 1. The van der Waals surface area contributed by atoms with E-state index in [0.29, 0.717) is 0 Å². The first kappa shape index (κ1) is 15.1. The van der Waals surface area contributed by atoms with Crippen molar-refractivity contribution in [3.8, 4) is 34.4 Å². The molecule has 0 spiro atoms. The summed E-state index contributed by atoms with van der Waals surface area (Å²) in [6.07, 6.45) is 0.908. The Morgan fingerprint density at radius 3 is 2.46 bits per heavy atom. The smallest absolute Gasteiger partial charge is 0.371 e. The van der Waals surface area contributed by atoms with Gasteiger partial charge in [0.2, 0.25) is 17.5 Å². The van der Waals surface area contributed by atoms with Crippen molar-refractivity contribution in [3.63, 3.8) is 0 Å². The van der Waals surface area contributed by atoms with Crippen LogP contribution in [0.25, 0.3) is 22.9 Å². The van der Waals surface area contributed by atoms with Gasteiger partial charge in [-0.3, -0.25) is 10.1 Å². The van der Waals surface area contributed by atoms with Crippen LogP contribution >= 0.6 is 0 Å². The number of hydrogen-bond donors (Lipinski definition) is 2. The zero-order valence-electron chi connectivity index (χ0n) is 11.6. The summed E-state index contributed by atoms with van der Waals surface area (Å²) in [5.74, 6) is -3.06. The molecule has 0 aliphatic heterocycles. The second-order valence-electron chi connectivity index (χ2n) is 4.60. The van der Waals surface area contributed by atoms with Gasteiger partial charge in [0.15, 0.2) is 11.9 Å². The van der Waals surface area contributed by atoms with Crippen molar-refractivity contribution >= 4 is 5.69 Å². The van der Waals surface area contributed by atoms with Crippen LogP contribution in [-0.2, 0) is 0 Å². The molecule has 0 bridgehead atoms. The summed E-state index contributed by atoms with van der Waals surface area (Å²) in [4.78, 5) is 9.95. The molecule has 24 heavy (non-hydrogen) atoms. The first-order chi connectivity index (χ1) is 11.4. The molecule has 2 N–H and O–H groups in total. The van der Waals surface area contributed by atoms with Gasteiger partial charge in [-0.25, -0.2) is 0 Å². The topological polar surface area (TPSA) is 149 Å². The van der Waals surface area contributed by atoms with Crippen LogP contribution < -0.4 is 4.73 Å². The molecule has 0 saturated heterocycles. The maximum Gasteiger partial charge on any atom is 0.371 e. The molecule has 0 atom stereocenters. The second kappa shape index (κ2) is 5.46. The molecule has 0 saturated carbocycles. The number of nitro groups is 1. The average molecular weight is 334 g/mol. The minimum Gasteiger partial charge on any atom is -0.617 e. The Labute approximate surface area is 131 Å². The lowest BCUT2D eigenvalue weighted by Gasteiger charge is -2.01. The van der Waals surface area contributed by atoms with E-state index < -0.39 is 28.1 Å². The average Bonchev–Trinajstić information content (AvgIpc) is 3.02. The van der Waals surface area contributed by atoms with Gasteiger partial charge in [-0.1, -0.05) is 0 Å². The number of rotatable bonds is 3. The number of nitrogens with zero attached hydrogens (tertiary/aromatic N) is 4. The van der Waals surface area contributed by atoms with E-state index in [-0.39, 0.29) is 27.6 Å². The number of hydrogen-bond acceptors (Lipinski definition) is 8. The Bertz CT molecular complexity index is 958. The lowest BCUT2D eigenvalue weighted by atomic mass is 10.1. The van der Waals surface area contributed by atoms with Crippen molar-refractivity contribution in [3.05, 3.63) is 51.7 Å². The van der Waals surface area contributed by atoms with Crippen LogP contribution in [0.2, 0.25) is 0 Å². The van der Waals surface area contributed by atoms with E-state index in [4.69, 9.17) is 4.42 Å². The summed E-state index contributed by atoms with van der Waals surface area (Å²) in [6.45, 7) is 0. The third-order valence-corrected chi connectivity index (χ3v) is 3.06. The minimum absolute atomic E-state index is 0.00213. The Kier molecular flexibility index (Phi) is 3.45. The van der Waals surface area contributed by atoms with Gasteiger partial charge in [-0.05, 0) is 6.07 Å². The normalized spacial score (nSPS) is 10.7. The summed E-state index contributed by atoms with van der Waals surface area (Å²) in [7, 11) is 0. The monoisotopic (exact) mass is 334 g/mol. The molecular weight excluding hydrogens is 327 g/mol. The third kappa shape index (κ3) is 2.54. The highest BCUT2D eigenvalue weighted by atomic mass is 19.1. The number of phenols is 2. The van der Waals surface area contributed by atoms with Gasteiger partial charge in [0.05, 0.1) is 16.6 Å². The lowest BCUT2D eigenvalue weighted by Crippen LogP contribution is -2.29. The van der Waals surface area contributed by atoms with Gasteiger partial charge in [-0.15, -0.1) is 19.3 Å². The summed E-state index contributed by atoms with van der Waals surface area (Å²) in [6, 6.07) is 4.05. The Morgan fingerprint density at radius 2 is 1.83 bits per heavy atom. The fourth-order valence-electron chi connectivity index (χ4n) is 1.92. The highest BCUT2D eigenvalue weighted by Crippen LogP contribution is 2.39. The Morgan fingerprint density at radius 1 is 1.17 bits per heavy atom. The quantitative estimate of drug-likeness (QED) is 0.183. The van der Waals surface area contributed by atoms with Crippen LogP contribution in [0.15, 0.2) is 34.9 Å². The number of aromatic nitrogens is 3. The molecule has 0 unspecified atom stereocenters. The van der Waals surface area contributed by atoms with E-state index in [9.17, 15) is 29.9 Å². The molecule has 2 aromatic heterocycles. The van der Waals surface area contributed by atoms with Gasteiger partial charge in [0, 0.05) is 17.7 Å². The third-order valence-electron chi connectivity index (χ3n) is 3.06. The van der Waals surface area contributed by atoms with Crippen molar-refractivity contribution in [1.82, 2.24) is 10.2 Å². The molecule has 3 rings (SSSR count). The first-order valence-electron chi connectivity index (χ1n) is 6.30. The van der Waals surface area contributed by atoms with Gasteiger partial charge < -0.3 is 19.8 Å². The number of pyridine rings is 1. The summed E-state index contributed by atoms with van der Waals surface area (Å²) in [5, 5.41) is 48.1. The largest absolute Gasteiger partial charge is 0.617 e. The molecule has 0 fully saturated rings. The number of aromatic hydroxyl groups is 2. The zero-order chi connectivity index (χ0) is 17.4. The van der Waals surface area contributed by atoms with Crippen molar-refractivity contribution in [2.75, 3.05) is 0 Å². The predicted octanol–water partition coefficient (Wildman–Crippen LogP) is 1.50. The van der Waals surface area contributed by atoms with Crippen LogP contribution in [0.4, 0.5) is 10.1 Å². The molecule has 0 radical (unpaired) electrons. The van der Waals surface area contributed by atoms with Crippen LogP contribution in [0.5, 0.6) is 11.5 Å². The fraction of sp³-hybridized carbons (Fsp3) is 0. The molecule has 0 aliphatic rings. The van der Waals surface area contributed by atoms with Crippen molar-refractivity contribution < 1.29 is 28.7 Å². The summed E-state index contributed by atoms with van der Waals surface area (Å²) < 4.78 is 18.5. The Hall–Kier alpha value is -3.76. The van der Waals surface area contributed by atoms with E-state index >= 15 is 0 Å². The predicted molar refractivity (Wildman–Crippen MR) is 74.1 cm³/mol. The molecule has 0 amide bonds. The van der Waals surface area contributed by atoms with E-state index in [2.05, 4.69) is 10.2 Å². The Balaban J connectivity index is 2.05. The van der Waals surface area contributed by atoms with Crippen LogP contribution in [0.1, 0.15) is 0 Å². The molecule has 122 valence electrons. The van der Waals surface area contributed by atoms with E-state index in [1.54, 1.807) is 0 Å². The summed E-state index contributed by atoms with van der Waals surface area (Å²) >= 11 is 0. The standard InChI is InChI=1S/C13H7FN4O6/c14-10-5-6(1-2-17(10)21)12-15-16-13(24-12)7-3-8(18(22)23)11(20)9(19)4-7/h1-5,19-20H. The van der Waals surface area contributed by atoms with E-state index in [1.807, 2.05) is 0 Å². The van der Waals surface area contributed by atoms with Gasteiger partial charge in [0.25, 0.3) is 0 Å². The number of halogens is 1. The fourth-order valence-corrected chi connectivity index (χ4v) is 1.92. The maximum atomic E-state index is 13.3. The molecule has 10 nitrogen and oxygen atoms in total. The van der Waals surface area contributed by atoms with Crippen LogP contribution in [0.3, 0.4) is 0 Å². The van der Waals surface area contributed by atoms with Gasteiger partial charge >= 0.3 is 11.6 Å². The maximum absolute atomic E-state index is 13.3. The highest BCUT2D eigenvalue weighted by Gasteiger charge is 2.22. The van der Waals surface area contributed by atoms with Crippen molar-refractivity contribution in [1.29, 1.82) is 0 Å². The highest BCUT2D eigenvalue weighted by molar-refractivity contribution is 5.68. The molecule has 2 heterocycles. The molecule has 0 aliphatic carbocycles. The molecular formula is C13H7FN4O6. The van der Waals surface area contributed by atoms with Crippen LogP contribution in [0, 0.1) is 21.3 Å². The second-order valence-corrected chi connectivity index (χ2v) is 4.60. The SMILES string of the molecule is O=[N+]([O-])c1cc(-c2nnc(-c3cc[n+]([O-])c(F)c3)o2)cc(O)c1O. The van der Waals surface area contributed by atoms with Gasteiger partial charge in [-0.2, -0.15) is 0 Å². The molecule has 3 aromatic rings. The van der Waals surface area contributed by atoms with Crippen molar-refractivity contribution in [2.24, 2.45) is 0 Å². The number of nitro benzene ring substituents is 1. The molecule has 11 heteroatoms. The van der Waals surface area contributed by atoms with E-state index in [1.165, 1.54) is 6.07 Å². The van der Waals surface area contributed by atoms with Crippen LogP contribution in [-0.4, -0.2) is 25.3 Å².